The van der Waals surface area contributed by atoms with Crippen LogP contribution in [0, 0.1) is 6.07 Å². The number of ether oxygens (including phenoxy) is 3. The van der Waals surface area contributed by atoms with E-state index in [4.69, 9.17) is 14.2 Å². The van der Waals surface area contributed by atoms with Gasteiger partial charge >= 0.3 is 0 Å². The highest BCUT2D eigenvalue weighted by Crippen LogP contribution is 2.37. The highest BCUT2D eigenvalue weighted by Gasteiger charge is 2.13. The third-order valence-electron chi connectivity index (χ3n) is 6.88. The van der Waals surface area contributed by atoms with Gasteiger partial charge in [-0.25, -0.2) is 0 Å². The van der Waals surface area contributed by atoms with Crippen molar-refractivity contribution in [2.75, 3.05) is 19.8 Å². The van der Waals surface area contributed by atoms with Crippen LogP contribution in [0.4, 0.5) is 0 Å². The summed E-state index contributed by atoms with van der Waals surface area (Å²) in [5, 5.41) is 0. The van der Waals surface area contributed by atoms with Gasteiger partial charge in [0.1, 0.15) is 0 Å². The molecule has 209 valence electrons. The summed E-state index contributed by atoms with van der Waals surface area (Å²) in [5.41, 5.74) is 0. The summed E-state index contributed by atoms with van der Waals surface area (Å²) in [5.74, 6) is 2.37. The standard InChI is InChI=1S/C33H59O3/c1-4-7-10-13-16-19-22-28-34-31-26-25-27-32(35-29-23-20-17-14-11-8-5-2)33(31)36-30-24-21-18-15-12-9-6-3/h26-27H,4-24,28-30H2,1-3H3. The van der Waals surface area contributed by atoms with Crippen molar-refractivity contribution in [3.63, 3.8) is 0 Å². The van der Waals surface area contributed by atoms with Crippen LogP contribution in [0.5, 0.6) is 17.2 Å². The molecule has 0 spiro atoms. The molecule has 0 amide bonds. The third kappa shape index (κ3) is 18.0. The summed E-state index contributed by atoms with van der Waals surface area (Å²) in [4.78, 5) is 0. The van der Waals surface area contributed by atoms with Crippen molar-refractivity contribution in [3.8, 4) is 17.2 Å². The first-order valence-electron chi connectivity index (χ1n) is 15.8. The molecule has 0 N–H and O–H groups in total. The smallest absolute Gasteiger partial charge is 0.203 e. The summed E-state index contributed by atoms with van der Waals surface area (Å²) in [6.07, 6.45) is 27.0. The second-order valence-electron chi connectivity index (χ2n) is 10.4. The molecule has 0 atom stereocenters. The third-order valence-corrected chi connectivity index (χ3v) is 6.88. The van der Waals surface area contributed by atoms with E-state index < -0.39 is 0 Å². The molecule has 3 heteroatoms. The van der Waals surface area contributed by atoms with E-state index in [-0.39, 0.29) is 0 Å². The van der Waals surface area contributed by atoms with Gasteiger partial charge in [0, 0.05) is 0 Å². The van der Waals surface area contributed by atoms with Crippen molar-refractivity contribution in [1.82, 2.24) is 0 Å². The molecule has 3 nitrogen and oxygen atoms in total. The van der Waals surface area contributed by atoms with Crippen LogP contribution < -0.4 is 14.2 Å². The zero-order valence-electron chi connectivity index (χ0n) is 24.4. The second-order valence-corrected chi connectivity index (χ2v) is 10.4. The van der Waals surface area contributed by atoms with Crippen LogP contribution >= 0.6 is 0 Å². The topological polar surface area (TPSA) is 27.7 Å². The normalized spacial score (nSPS) is 11.1. The zero-order chi connectivity index (χ0) is 25.9. The molecule has 0 bridgehead atoms. The molecule has 0 unspecified atom stereocenters. The summed E-state index contributed by atoms with van der Waals surface area (Å²) < 4.78 is 18.6. The molecule has 0 aromatic heterocycles. The van der Waals surface area contributed by atoms with Gasteiger partial charge in [-0.05, 0) is 37.5 Å². The number of hydrogen-bond acceptors (Lipinski definition) is 3. The molecule has 0 aliphatic carbocycles. The lowest BCUT2D eigenvalue weighted by Gasteiger charge is -2.17. The minimum atomic E-state index is 0.722. The number of hydrogen-bond donors (Lipinski definition) is 0. The number of unbranched alkanes of at least 4 members (excludes halogenated alkanes) is 18. The molecule has 1 aromatic rings. The lowest BCUT2D eigenvalue weighted by molar-refractivity contribution is 0.234. The lowest BCUT2D eigenvalue weighted by Crippen LogP contribution is -2.06. The highest BCUT2D eigenvalue weighted by atomic mass is 16.5. The average Bonchev–Trinajstić information content (AvgIpc) is 2.89. The fraction of sp³-hybridized carbons (Fsp3) is 0.818. The van der Waals surface area contributed by atoms with E-state index >= 15 is 0 Å². The Morgan fingerprint density at radius 3 is 1.08 bits per heavy atom. The Kier molecular flexibility index (Phi) is 22.9. The SMILES string of the molecule is CCCCCCCCCOc1c[c]cc(OCCCCCCCCC)c1OCCCCCCCCC. The largest absolute Gasteiger partial charge is 0.490 e. The Hall–Kier alpha value is -1.38. The Morgan fingerprint density at radius 2 is 0.722 bits per heavy atom. The van der Waals surface area contributed by atoms with Gasteiger partial charge in [-0.2, -0.15) is 0 Å². The minimum Gasteiger partial charge on any atom is -0.490 e. The van der Waals surface area contributed by atoms with Crippen molar-refractivity contribution in [1.29, 1.82) is 0 Å². The summed E-state index contributed by atoms with van der Waals surface area (Å²) in [7, 11) is 0. The van der Waals surface area contributed by atoms with E-state index in [1.54, 1.807) is 0 Å². The maximum atomic E-state index is 6.27. The molecule has 0 aliphatic heterocycles. The van der Waals surface area contributed by atoms with Crippen LogP contribution in [0.1, 0.15) is 156 Å². The van der Waals surface area contributed by atoms with Crippen LogP contribution in [0.3, 0.4) is 0 Å². The molecule has 1 rings (SSSR count). The average molecular weight is 504 g/mol. The van der Waals surface area contributed by atoms with Crippen LogP contribution in [0.25, 0.3) is 0 Å². The van der Waals surface area contributed by atoms with Crippen molar-refractivity contribution < 1.29 is 14.2 Å². The van der Waals surface area contributed by atoms with Crippen LogP contribution in [0.2, 0.25) is 0 Å². The Balaban J connectivity index is 2.47. The second kappa shape index (κ2) is 25.3. The Morgan fingerprint density at radius 1 is 0.417 bits per heavy atom. The zero-order valence-corrected chi connectivity index (χ0v) is 24.4. The fourth-order valence-electron chi connectivity index (χ4n) is 4.52. The summed E-state index contributed by atoms with van der Waals surface area (Å²) in [6, 6.07) is 7.06. The number of rotatable bonds is 27. The van der Waals surface area contributed by atoms with Gasteiger partial charge in [0.2, 0.25) is 5.75 Å². The predicted octanol–water partition coefficient (Wildman–Crippen LogP) is 10.9. The van der Waals surface area contributed by atoms with E-state index in [2.05, 4.69) is 26.8 Å². The fourth-order valence-corrected chi connectivity index (χ4v) is 4.52. The monoisotopic (exact) mass is 503 g/mol. The van der Waals surface area contributed by atoms with E-state index in [9.17, 15) is 0 Å². The Labute approximate surface area is 225 Å². The quantitative estimate of drug-likeness (QED) is 0.112. The number of benzene rings is 1. The first-order valence-corrected chi connectivity index (χ1v) is 15.8. The van der Waals surface area contributed by atoms with Crippen LogP contribution in [0.15, 0.2) is 12.1 Å². The van der Waals surface area contributed by atoms with Crippen molar-refractivity contribution >= 4 is 0 Å². The van der Waals surface area contributed by atoms with E-state index in [1.165, 1.54) is 116 Å². The molecular formula is C33H59O3. The lowest BCUT2D eigenvalue weighted by atomic mass is 10.1. The van der Waals surface area contributed by atoms with Crippen molar-refractivity contribution in [3.05, 3.63) is 18.2 Å². The highest BCUT2D eigenvalue weighted by molar-refractivity contribution is 5.50. The van der Waals surface area contributed by atoms with Crippen LogP contribution in [-0.4, -0.2) is 19.8 Å². The van der Waals surface area contributed by atoms with Gasteiger partial charge in [0.25, 0.3) is 0 Å². The van der Waals surface area contributed by atoms with Crippen molar-refractivity contribution in [2.45, 2.75) is 156 Å². The van der Waals surface area contributed by atoms with Gasteiger partial charge in [-0.15, -0.1) is 0 Å². The predicted molar refractivity (Wildman–Crippen MR) is 156 cm³/mol. The first-order chi connectivity index (χ1) is 17.8. The van der Waals surface area contributed by atoms with Gasteiger partial charge in [0.15, 0.2) is 11.5 Å². The van der Waals surface area contributed by atoms with E-state index in [0.29, 0.717) is 0 Å². The minimum absolute atomic E-state index is 0.722. The van der Waals surface area contributed by atoms with Gasteiger partial charge < -0.3 is 14.2 Å². The molecule has 36 heavy (non-hydrogen) atoms. The van der Waals surface area contributed by atoms with Gasteiger partial charge in [-0.3, -0.25) is 0 Å². The molecule has 0 fully saturated rings. The molecule has 1 aromatic carbocycles. The molecular weight excluding hydrogens is 444 g/mol. The van der Waals surface area contributed by atoms with E-state index in [1.807, 2.05) is 12.1 Å². The van der Waals surface area contributed by atoms with E-state index in [0.717, 1.165) is 56.3 Å². The Bertz CT molecular complexity index is 548. The molecule has 0 aliphatic rings. The molecule has 0 saturated carbocycles. The first kappa shape index (κ1) is 32.6. The molecule has 0 heterocycles. The molecule has 0 saturated heterocycles. The summed E-state index contributed by atoms with van der Waals surface area (Å²) in [6.45, 7) is 8.99. The maximum Gasteiger partial charge on any atom is 0.203 e. The van der Waals surface area contributed by atoms with Crippen molar-refractivity contribution in [2.24, 2.45) is 0 Å². The van der Waals surface area contributed by atoms with Crippen LogP contribution in [-0.2, 0) is 0 Å². The van der Waals surface area contributed by atoms with Gasteiger partial charge in [0.05, 0.1) is 19.8 Å². The maximum absolute atomic E-state index is 6.27. The summed E-state index contributed by atoms with van der Waals surface area (Å²) >= 11 is 0. The molecule has 1 radical (unpaired) electrons. The van der Waals surface area contributed by atoms with Gasteiger partial charge in [-0.1, -0.05) is 136 Å².